The van der Waals surface area contributed by atoms with Crippen molar-refractivity contribution in [1.29, 1.82) is 0 Å². The summed E-state index contributed by atoms with van der Waals surface area (Å²) in [5.74, 6) is -0.150. The highest BCUT2D eigenvalue weighted by Crippen LogP contribution is 2.33. The van der Waals surface area contributed by atoms with Gasteiger partial charge in [-0.25, -0.2) is 4.68 Å². The second-order valence-corrected chi connectivity index (χ2v) is 8.71. The van der Waals surface area contributed by atoms with Crippen LogP contribution in [0.1, 0.15) is 46.9 Å². The number of carbonyl (C=O) groups is 1. The molecule has 4 rings (SSSR count). The van der Waals surface area contributed by atoms with Crippen molar-refractivity contribution >= 4 is 5.91 Å². The molecular weight excluding hydrogens is 461 g/mol. The number of likely N-dealkylation sites (tertiary alicyclic amines) is 1. The van der Waals surface area contributed by atoms with E-state index in [1.54, 1.807) is 0 Å². The van der Waals surface area contributed by atoms with Crippen LogP contribution in [-0.4, -0.2) is 51.0 Å². The number of hydrogen-bond acceptors (Lipinski definition) is 6. The van der Waals surface area contributed by atoms with Gasteiger partial charge in [0.05, 0.1) is 18.9 Å². The van der Waals surface area contributed by atoms with E-state index in [9.17, 15) is 18.0 Å². The maximum atomic E-state index is 13.8. The predicted octanol–water partition coefficient (Wildman–Crippen LogP) is 3.85. The first-order chi connectivity index (χ1) is 16.7. The van der Waals surface area contributed by atoms with Gasteiger partial charge in [-0.05, 0) is 49.0 Å². The van der Waals surface area contributed by atoms with Gasteiger partial charge in [-0.1, -0.05) is 31.2 Å². The van der Waals surface area contributed by atoms with Crippen molar-refractivity contribution in [2.24, 2.45) is 5.92 Å². The minimum atomic E-state index is -4.83. The Labute approximate surface area is 201 Å². The van der Waals surface area contributed by atoms with Crippen molar-refractivity contribution in [1.82, 2.24) is 30.2 Å². The van der Waals surface area contributed by atoms with Crippen LogP contribution in [0, 0.1) is 5.92 Å². The van der Waals surface area contributed by atoms with Crippen molar-refractivity contribution in [2.75, 3.05) is 20.2 Å². The number of nitrogens with zero attached hydrogens (tertiary/aromatic N) is 5. The SMILES string of the molecule is COc1ccc(-n2ncc(C(=O)NCc3ccc(CN4CCC(C)CC4)cc3)c2C(F)(F)F)nn1. The monoisotopic (exact) mass is 488 g/mol. The highest BCUT2D eigenvalue weighted by Gasteiger charge is 2.41. The van der Waals surface area contributed by atoms with Gasteiger partial charge in [0.2, 0.25) is 5.88 Å². The first-order valence-electron chi connectivity index (χ1n) is 11.4. The molecule has 0 spiro atoms. The lowest BCUT2D eigenvalue weighted by Gasteiger charge is -2.30. The zero-order valence-corrected chi connectivity index (χ0v) is 19.5. The third-order valence-corrected chi connectivity index (χ3v) is 6.09. The van der Waals surface area contributed by atoms with Gasteiger partial charge in [-0.15, -0.1) is 10.2 Å². The summed E-state index contributed by atoms with van der Waals surface area (Å²) in [4.78, 5) is 15.1. The number of alkyl halides is 3. The first kappa shape index (κ1) is 24.6. The number of hydrogen-bond donors (Lipinski definition) is 1. The van der Waals surface area contributed by atoms with Gasteiger partial charge in [0.25, 0.3) is 5.91 Å². The minimum Gasteiger partial charge on any atom is -0.480 e. The second-order valence-electron chi connectivity index (χ2n) is 8.71. The van der Waals surface area contributed by atoms with E-state index in [1.165, 1.54) is 32.1 Å². The van der Waals surface area contributed by atoms with Crippen LogP contribution in [0.3, 0.4) is 0 Å². The Hall–Kier alpha value is -3.47. The van der Waals surface area contributed by atoms with E-state index >= 15 is 0 Å². The molecule has 11 heteroatoms. The fraction of sp³-hybridized carbons (Fsp3) is 0.417. The number of ether oxygens (including phenoxy) is 1. The molecule has 0 atom stereocenters. The van der Waals surface area contributed by atoms with E-state index in [2.05, 4.69) is 32.4 Å². The molecule has 3 aromatic rings. The summed E-state index contributed by atoms with van der Waals surface area (Å²) < 4.78 is 46.9. The number of halogens is 3. The third-order valence-electron chi connectivity index (χ3n) is 6.09. The highest BCUT2D eigenvalue weighted by molar-refractivity contribution is 5.95. The van der Waals surface area contributed by atoms with Crippen LogP contribution < -0.4 is 10.1 Å². The molecule has 0 aliphatic carbocycles. The number of amides is 1. The van der Waals surface area contributed by atoms with E-state index < -0.39 is 23.3 Å². The Bertz CT molecular complexity index is 1140. The van der Waals surface area contributed by atoms with Gasteiger partial charge < -0.3 is 10.1 Å². The second kappa shape index (κ2) is 10.4. The van der Waals surface area contributed by atoms with Crippen molar-refractivity contribution in [3.8, 4) is 11.7 Å². The number of nitrogens with one attached hydrogen (secondary N) is 1. The van der Waals surface area contributed by atoms with Gasteiger partial charge in [-0.3, -0.25) is 9.69 Å². The summed E-state index contributed by atoms with van der Waals surface area (Å²) in [5, 5.41) is 13.7. The molecule has 0 unspecified atom stereocenters. The summed E-state index contributed by atoms with van der Waals surface area (Å²) in [6, 6.07) is 10.4. The molecule has 1 fully saturated rings. The van der Waals surface area contributed by atoms with Crippen LogP contribution in [0.2, 0.25) is 0 Å². The van der Waals surface area contributed by atoms with Crippen LogP contribution >= 0.6 is 0 Å². The van der Waals surface area contributed by atoms with Gasteiger partial charge in [0.15, 0.2) is 11.5 Å². The topological polar surface area (TPSA) is 85.2 Å². The van der Waals surface area contributed by atoms with Gasteiger partial charge >= 0.3 is 6.18 Å². The van der Waals surface area contributed by atoms with Gasteiger partial charge in [-0.2, -0.15) is 18.3 Å². The van der Waals surface area contributed by atoms with Crippen LogP contribution in [-0.2, 0) is 19.3 Å². The molecule has 1 aliphatic heterocycles. The molecule has 8 nitrogen and oxygen atoms in total. The summed E-state index contributed by atoms with van der Waals surface area (Å²) >= 11 is 0. The fourth-order valence-electron chi connectivity index (χ4n) is 4.01. The molecule has 35 heavy (non-hydrogen) atoms. The smallest absolute Gasteiger partial charge is 0.434 e. The van der Waals surface area contributed by atoms with E-state index in [4.69, 9.17) is 4.74 Å². The van der Waals surface area contributed by atoms with Crippen LogP contribution in [0.15, 0.2) is 42.6 Å². The number of methoxy groups -OCH3 is 1. The van der Waals surface area contributed by atoms with E-state index in [0.717, 1.165) is 42.9 Å². The lowest BCUT2D eigenvalue weighted by molar-refractivity contribution is -0.143. The molecule has 1 aliphatic rings. The molecule has 0 bridgehead atoms. The zero-order chi connectivity index (χ0) is 25.0. The molecule has 2 aromatic heterocycles. The van der Waals surface area contributed by atoms with Gasteiger partial charge in [0, 0.05) is 19.2 Å². The summed E-state index contributed by atoms with van der Waals surface area (Å²) in [5.41, 5.74) is 0.138. The Morgan fingerprint density at radius 2 is 1.77 bits per heavy atom. The molecular formula is C24H27F3N6O2. The number of piperidine rings is 1. The number of benzene rings is 1. The Morgan fingerprint density at radius 1 is 1.09 bits per heavy atom. The molecule has 186 valence electrons. The molecule has 3 heterocycles. The lowest BCUT2D eigenvalue weighted by atomic mass is 9.99. The van der Waals surface area contributed by atoms with E-state index in [-0.39, 0.29) is 18.2 Å². The predicted molar refractivity (Wildman–Crippen MR) is 122 cm³/mol. The third kappa shape index (κ3) is 5.97. The number of aromatic nitrogens is 4. The average Bonchev–Trinajstić information content (AvgIpc) is 3.31. The number of carbonyl (C=O) groups excluding carboxylic acids is 1. The van der Waals surface area contributed by atoms with Crippen molar-refractivity contribution < 1.29 is 22.7 Å². The average molecular weight is 489 g/mol. The quantitative estimate of drug-likeness (QED) is 0.544. The van der Waals surface area contributed by atoms with E-state index in [0.29, 0.717) is 4.68 Å². The maximum absolute atomic E-state index is 13.8. The molecule has 1 N–H and O–H groups in total. The molecule has 1 saturated heterocycles. The van der Waals surface area contributed by atoms with E-state index in [1.807, 2.05) is 24.3 Å². The molecule has 1 amide bonds. The summed E-state index contributed by atoms with van der Waals surface area (Å²) in [7, 11) is 1.36. The van der Waals surface area contributed by atoms with Crippen LogP contribution in [0.25, 0.3) is 5.82 Å². The van der Waals surface area contributed by atoms with Crippen LogP contribution in [0.5, 0.6) is 5.88 Å². The maximum Gasteiger partial charge on any atom is 0.434 e. The molecule has 1 aromatic carbocycles. The van der Waals surface area contributed by atoms with Crippen LogP contribution in [0.4, 0.5) is 13.2 Å². The van der Waals surface area contributed by atoms with Crippen molar-refractivity contribution in [3.63, 3.8) is 0 Å². The van der Waals surface area contributed by atoms with Crippen molar-refractivity contribution in [3.05, 3.63) is 65.0 Å². The Kier molecular flexibility index (Phi) is 7.34. The number of rotatable bonds is 7. The highest BCUT2D eigenvalue weighted by atomic mass is 19.4. The largest absolute Gasteiger partial charge is 0.480 e. The zero-order valence-electron chi connectivity index (χ0n) is 19.5. The Balaban J connectivity index is 1.42. The molecule has 0 radical (unpaired) electrons. The standard InChI is InChI=1S/C24H27F3N6O2/c1-16-9-11-32(12-10-16)15-18-5-3-17(4-6-18)13-28-23(34)19-14-29-33(22(19)24(25,26)27)20-7-8-21(35-2)31-30-20/h3-8,14,16H,9-13,15H2,1-2H3,(H,28,34). The normalized spacial score (nSPS) is 15.2. The first-order valence-corrected chi connectivity index (χ1v) is 11.4. The summed E-state index contributed by atoms with van der Waals surface area (Å²) in [6.07, 6.45) is -1.55. The fourth-order valence-corrected chi connectivity index (χ4v) is 4.01. The Morgan fingerprint density at radius 3 is 2.37 bits per heavy atom. The molecule has 0 saturated carbocycles. The van der Waals surface area contributed by atoms with Crippen molar-refractivity contribution in [2.45, 2.75) is 39.0 Å². The summed E-state index contributed by atoms with van der Waals surface area (Å²) in [6.45, 7) is 5.38. The van der Waals surface area contributed by atoms with Gasteiger partial charge in [0.1, 0.15) is 0 Å². The minimum absolute atomic E-state index is 0.0885. The lowest BCUT2D eigenvalue weighted by Crippen LogP contribution is -2.32.